The first kappa shape index (κ1) is 14.8. The van der Waals surface area contributed by atoms with Gasteiger partial charge in [0, 0.05) is 25.7 Å². The fourth-order valence-electron chi connectivity index (χ4n) is 3.89. The van der Waals surface area contributed by atoms with Crippen LogP contribution >= 0.6 is 0 Å². The van der Waals surface area contributed by atoms with Crippen LogP contribution in [0.4, 0.5) is 5.82 Å². The quantitative estimate of drug-likeness (QED) is 0.914. The van der Waals surface area contributed by atoms with Crippen molar-refractivity contribution in [2.45, 2.75) is 65.0 Å². The molecule has 0 unspecified atom stereocenters. The molecule has 1 saturated heterocycles. The maximum absolute atomic E-state index is 4.85. The molecule has 0 amide bonds. The summed E-state index contributed by atoms with van der Waals surface area (Å²) in [6.45, 7) is 7.59. The summed E-state index contributed by atoms with van der Waals surface area (Å²) >= 11 is 0. The summed E-state index contributed by atoms with van der Waals surface area (Å²) in [5, 5.41) is 3.45. The van der Waals surface area contributed by atoms with Crippen molar-refractivity contribution in [2.24, 2.45) is 5.41 Å². The van der Waals surface area contributed by atoms with Crippen LogP contribution in [0.1, 0.15) is 58.1 Å². The van der Waals surface area contributed by atoms with Gasteiger partial charge in [-0.05, 0) is 43.2 Å². The summed E-state index contributed by atoms with van der Waals surface area (Å²) in [7, 11) is 0. The fourth-order valence-corrected chi connectivity index (χ4v) is 3.89. The van der Waals surface area contributed by atoms with E-state index in [-0.39, 0.29) is 0 Å². The first-order chi connectivity index (χ1) is 10.2. The Morgan fingerprint density at radius 1 is 1.14 bits per heavy atom. The number of hydrogen-bond acceptors (Lipinski definition) is 3. The molecule has 1 N–H and O–H groups in total. The van der Waals surface area contributed by atoms with Gasteiger partial charge in [0.05, 0.1) is 5.69 Å². The van der Waals surface area contributed by atoms with Gasteiger partial charge in [-0.1, -0.05) is 32.8 Å². The molecule has 2 aliphatic rings. The normalized spacial score (nSPS) is 21.4. The van der Waals surface area contributed by atoms with Crippen LogP contribution in [-0.4, -0.2) is 24.1 Å². The Morgan fingerprint density at radius 2 is 1.86 bits per heavy atom. The second-order valence-electron chi connectivity index (χ2n) is 7.22. The Morgan fingerprint density at radius 3 is 2.52 bits per heavy atom. The number of nitrogens with one attached hydrogen (secondary N) is 1. The lowest BCUT2D eigenvalue weighted by Gasteiger charge is -2.40. The third kappa shape index (κ3) is 3.57. The van der Waals surface area contributed by atoms with Gasteiger partial charge in [-0.3, -0.25) is 0 Å². The molecule has 1 spiro atoms. The number of hydrogen-bond donors (Lipinski definition) is 1. The van der Waals surface area contributed by atoms with Crippen molar-refractivity contribution in [3.63, 3.8) is 0 Å². The van der Waals surface area contributed by atoms with E-state index in [1.54, 1.807) is 0 Å². The van der Waals surface area contributed by atoms with E-state index in [0.717, 1.165) is 12.2 Å². The highest BCUT2D eigenvalue weighted by atomic mass is 15.2. The molecule has 1 aliphatic heterocycles. The van der Waals surface area contributed by atoms with Crippen LogP contribution in [0.2, 0.25) is 0 Å². The monoisotopic (exact) mass is 287 g/mol. The third-order valence-electron chi connectivity index (χ3n) is 5.30. The Hall–Kier alpha value is -1.09. The number of piperidine rings is 1. The lowest BCUT2D eigenvalue weighted by atomic mass is 9.77. The summed E-state index contributed by atoms with van der Waals surface area (Å²) in [4.78, 5) is 7.34. The maximum atomic E-state index is 4.85. The van der Waals surface area contributed by atoms with Gasteiger partial charge >= 0.3 is 0 Å². The molecule has 2 heterocycles. The molecule has 21 heavy (non-hydrogen) atoms. The van der Waals surface area contributed by atoms with Crippen LogP contribution in [0.3, 0.4) is 0 Å². The lowest BCUT2D eigenvalue weighted by molar-refractivity contribution is 0.226. The van der Waals surface area contributed by atoms with E-state index in [9.17, 15) is 0 Å². The van der Waals surface area contributed by atoms with Crippen molar-refractivity contribution in [1.82, 2.24) is 10.3 Å². The number of anilines is 1. The summed E-state index contributed by atoms with van der Waals surface area (Å²) in [6.07, 6.45) is 8.56. The van der Waals surface area contributed by atoms with Gasteiger partial charge in [0.25, 0.3) is 0 Å². The minimum Gasteiger partial charge on any atom is -0.357 e. The molecular formula is C18H29N3. The Labute approximate surface area is 129 Å². The van der Waals surface area contributed by atoms with Crippen molar-refractivity contribution >= 4 is 5.82 Å². The molecule has 0 bridgehead atoms. The first-order valence-electron chi connectivity index (χ1n) is 8.61. The lowest BCUT2D eigenvalue weighted by Crippen LogP contribution is -2.39. The fraction of sp³-hybridized carbons (Fsp3) is 0.722. The molecule has 116 valence electrons. The van der Waals surface area contributed by atoms with Crippen molar-refractivity contribution in [1.29, 1.82) is 0 Å². The smallest absolute Gasteiger partial charge is 0.128 e. The largest absolute Gasteiger partial charge is 0.357 e. The molecule has 0 radical (unpaired) electrons. The molecule has 0 aromatic carbocycles. The van der Waals surface area contributed by atoms with Crippen molar-refractivity contribution in [3.05, 3.63) is 23.9 Å². The van der Waals surface area contributed by atoms with Crippen LogP contribution in [0.25, 0.3) is 0 Å². The van der Waals surface area contributed by atoms with Crippen molar-refractivity contribution in [3.8, 4) is 0 Å². The van der Waals surface area contributed by atoms with Crippen LogP contribution in [0.5, 0.6) is 0 Å². The summed E-state index contributed by atoms with van der Waals surface area (Å²) in [5.74, 6) is 1.17. The second kappa shape index (κ2) is 6.35. The third-order valence-corrected chi connectivity index (χ3v) is 5.30. The zero-order valence-corrected chi connectivity index (χ0v) is 13.6. The van der Waals surface area contributed by atoms with Crippen LogP contribution in [0.15, 0.2) is 18.2 Å². The summed E-state index contributed by atoms with van der Waals surface area (Å²) < 4.78 is 0. The average Bonchev–Trinajstić information content (AvgIpc) is 2.94. The predicted molar refractivity (Wildman–Crippen MR) is 88.6 cm³/mol. The highest BCUT2D eigenvalue weighted by Crippen LogP contribution is 2.46. The molecule has 3 heteroatoms. The molecule has 3 rings (SSSR count). The molecule has 1 aromatic rings. The number of rotatable bonds is 4. The second-order valence-corrected chi connectivity index (χ2v) is 7.22. The zero-order chi connectivity index (χ0) is 14.7. The summed E-state index contributed by atoms with van der Waals surface area (Å²) in [6, 6.07) is 6.96. The topological polar surface area (TPSA) is 28.2 Å². The number of aromatic nitrogens is 1. The molecule has 0 atom stereocenters. The molecule has 1 aliphatic carbocycles. The molecule has 2 fully saturated rings. The number of nitrogens with zero attached hydrogens (tertiary/aromatic N) is 2. The van der Waals surface area contributed by atoms with E-state index >= 15 is 0 Å². The Kier molecular flexibility index (Phi) is 4.48. The highest BCUT2D eigenvalue weighted by Gasteiger charge is 2.37. The molecular weight excluding hydrogens is 258 g/mol. The molecule has 1 aromatic heterocycles. The maximum Gasteiger partial charge on any atom is 0.128 e. The van der Waals surface area contributed by atoms with Gasteiger partial charge in [-0.15, -0.1) is 0 Å². The van der Waals surface area contributed by atoms with Gasteiger partial charge in [0.15, 0.2) is 0 Å². The average molecular weight is 287 g/mol. The van der Waals surface area contributed by atoms with E-state index in [2.05, 4.69) is 42.3 Å². The van der Waals surface area contributed by atoms with Gasteiger partial charge in [-0.25, -0.2) is 4.98 Å². The zero-order valence-electron chi connectivity index (χ0n) is 13.6. The highest BCUT2D eigenvalue weighted by molar-refractivity contribution is 5.40. The van der Waals surface area contributed by atoms with E-state index in [0.29, 0.717) is 11.5 Å². The minimum atomic E-state index is 0.507. The summed E-state index contributed by atoms with van der Waals surface area (Å²) in [5.41, 5.74) is 1.84. The van der Waals surface area contributed by atoms with Gasteiger partial charge in [0.2, 0.25) is 0 Å². The standard InChI is InChI=1S/C18H29N3/c1-15(2)19-14-16-6-5-7-17(20-16)21-12-10-18(11-13-21)8-3-4-9-18/h5-7,15,19H,3-4,8-14H2,1-2H3. The Balaban J connectivity index is 1.61. The predicted octanol–water partition coefficient (Wildman–Crippen LogP) is 3.74. The van der Waals surface area contributed by atoms with Crippen molar-refractivity contribution in [2.75, 3.05) is 18.0 Å². The number of pyridine rings is 1. The van der Waals surface area contributed by atoms with E-state index in [1.807, 2.05) is 0 Å². The first-order valence-corrected chi connectivity index (χ1v) is 8.61. The minimum absolute atomic E-state index is 0.507. The Bertz CT molecular complexity index is 453. The van der Waals surface area contributed by atoms with Crippen LogP contribution < -0.4 is 10.2 Å². The van der Waals surface area contributed by atoms with Crippen molar-refractivity contribution < 1.29 is 0 Å². The van der Waals surface area contributed by atoms with Crippen LogP contribution in [0, 0.1) is 5.41 Å². The van der Waals surface area contributed by atoms with E-state index in [1.165, 1.54) is 57.4 Å². The van der Waals surface area contributed by atoms with Gasteiger partial charge in [0.1, 0.15) is 5.82 Å². The molecule has 3 nitrogen and oxygen atoms in total. The molecule has 1 saturated carbocycles. The van der Waals surface area contributed by atoms with E-state index < -0.39 is 0 Å². The van der Waals surface area contributed by atoms with Crippen LogP contribution in [-0.2, 0) is 6.54 Å². The van der Waals surface area contributed by atoms with E-state index in [4.69, 9.17) is 4.98 Å². The van der Waals surface area contributed by atoms with Gasteiger partial charge < -0.3 is 10.2 Å². The SMILES string of the molecule is CC(C)NCc1cccc(N2CCC3(CCCC3)CC2)n1. The van der Waals surface area contributed by atoms with Gasteiger partial charge in [-0.2, -0.15) is 0 Å².